The van der Waals surface area contributed by atoms with Crippen LogP contribution in [0.5, 0.6) is 0 Å². The average molecular weight is 428 g/mol. The SMILES string of the molecule is CC1CCC(C(=O)N(c2cc(-c3ccccc3)sc2C(=O)O)C2CC[C@H](O)C2)CC1. The number of aliphatic hydroxyl groups excluding tert-OH is 1. The van der Waals surface area contributed by atoms with Crippen molar-refractivity contribution >= 4 is 28.9 Å². The monoisotopic (exact) mass is 427 g/mol. The number of carboxylic acids is 1. The van der Waals surface area contributed by atoms with Crippen LogP contribution in [0.1, 0.15) is 61.5 Å². The molecule has 1 aromatic carbocycles. The number of anilines is 1. The third-order valence-corrected chi connectivity index (χ3v) is 7.73. The molecule has 0 spiro atoms. The fourth-order valence-electron chi connectivity index (χ4n) is 4.83. The quantitative estimate of drug-likeness (QED) is 0.689. The number of carboxylic acid groups (broad SMARTS) is 1. The zero-order valence-corrected chi connectivity index (χ0v) is 18.1. The van der Waals surface area contributed by atoms with E-state index in [1.54, 1.807) is 4.90 Å². The molecule has 1 heterocycles. The summed E-state index contributed by atoms with van der Waals surface area (Å²) in [6, 6.07) is 11.4. The van der Waals surface area contributed by atoms with Gasteiger partial charge in [0.25, 0.3) is 0 Å². The summed E-state index contributed by atoms with van der Waals surface area (Å²) in [5, 5.41) is 20.1. The Morgan fingerprint density at radius 2 is 1.73 bits per heavy atom. The Labute approximate surface area is 181 Å². The minimum Gasteiger partial charge on any atom is -0.477 e. The van der Waals surface area contributed by atoms with Crippen molar-refractivity contribution in [2.75, 3.05) is 4.90 Å². The molecule has 2 aromatic rings. The van der Waals surface area contributed by atoms with Crippen LogP contribution in [0.15, 0.2) is 36.4 Å². The highest BCUT2D eigenvalue weighted by atomic mass is 32.1. The zero-order chi connectivity index (χ0) is 21.3. The predicted octanol–water partition coefficient (Wildman–Crippen LogP) is 5.19. The lowest BCUT2D eigenvalue weighted by molar-refractivity contribution is -0.124. The van der Waals surface area contributed by atoms with Crippen LogP contribution in [0.25, 0.3) is 10.4 Å². The summed E-state index contributed by atoms with van der Waals surface area (Å²) in [5.41, 5.74) is 1.44. The van der Waals surface area contributed by atoms with E-state index in [0.717, 1.165) is 36.1 Å². The molecule has 2 atom stereocenters. The van der Waals surface area contributed by atoms with E-state index < -0.39 is 12.1 Å². The first-order valence-corrected chi connectivity index (χ1v) is 11.7. The van der Waals surface area contributed by atoms with Gasteiger partial charge in [0.2, 0.25) is 5.91 Å². The van der Waals surface area contributed by atoms with Crippen molar-refractivity contribution in [3.8, 4) is 10.4 Å². The molecule has 0 radical (unpaired) electrons. The Kier molecular flexibility index (Phi) is 6.25. The molecule has 2 N–H and O–H groups in total. The minimum absolute atomic E-state index is 0.0286. The van der Waals surface area contributed by atoms with Gasteiger partial charge in [0.05, 0.1) is 11.8 Å². The molecule has 2 aliphatic rings. The number of nitrogens with zero attached hydrogens (tertiary/aromatic N) is 1. The fraction of sp³-hybridized carbons (Fsp3) is 0.500. The van der Waals surface area contributed by atoms with Crippen LogP contribution in [0.2, 0.25) is 0 Å². The summed E-state index contributed by atoms with van der Waals surface area (Å²) in [6.45, 7) is 2.22. The van der Waals surface area contributed by atoms with Gasteiger partial charge in [0, 0.05) is 16.8 Å². The second kappa shape index (κ2) is 8.90. The lowest BCUT2D eigenvalue weighted by Crippen LogP contribution is -2.44. The third kappa shape index (κ3) is 4.30. The molecule has 5 nitrogen and oxygen atoms in total. The number of aliphatic hydroxyl groups is 1. The highest BCUT2D eigenvalue weighted by molar-refractivity contribution is 7.18. The summed E-state index contributed by atoms with van der Waals surface area (Å²) in [7, 11) is 0. The second-order valence-corrected chi connectivity index (χ2v) is 9.83. The molecule has 1 unspecified atom stereocenters. The third-order valence-electron chi connectivity index (χ3n) is 6.57. The lowest BCUT2D eigenvalue weighted by Gasteiger charge is -2.34. The second-order valence-electron chi connectivity index (χ2n) is 8.78. The van der Waals surface area contributed by atoms with E-state index in [1.165, 1.54) is 11.3 Å². The Balaban J connectivity index is 1.74. The van der Waals surface area contributed by atoms with Crippen molar-refractivity contribution in [2.24, 2.45) is 11.8 Å². The van der Waals surface area contributed by atoms with Crippen molar-refractivity contribution in [1.29, 1.82) is 0 Å². The molecule has 2 aliphatic carbocycles. The molecule has 0 aliphatic heterocycles. The van der Waals surface area contributed by atoms with Crippen molar-refractivity contribution in [2.45, 2.75) is 64.0 Å². The number of hydrogen-bond donors (Lipinski definition) is 2. The van der Waals surface area contributed by atoms with E-state index in [9.17, 15) is 19.8 Å². The first-order chi connectivity index (χ1) is 14.4. The average Bonchev–Trinajstić information content (AvgIpc) is 3.36. The van der Waals surface area contributed by atoms with E-state index >= 15 is 0 Å². The van der Waals surface area contributed by atoms with Crippen molar-refractivity contribution in [3.63, 3.8) is 0 Å². The summed E-state index contributed by atoms with van der Waals surface area (Å²) < 4.78 is 0. The number of benzene rings is 1. The molecular formula is C24H29NO4S. The smallest absolute Gasteiger partial charge is 0.348 e. The zero-order valence-electron chi connectivity index (χ0n) is 17.3. The Morgan fingerprint density at radius 1 is 1.03 bits per heavy atom. The topological polar surface area (TPSA) is 77.8 Å². The van der Waals surface area contributed by atoms with E-state index in [0.29, 0.717) is 30.9 Å². The van der Waals surface area contributed by atoms with Gasteiger partial charge in [0.15, 0.2) is 0 Å². The van der Waals surface area contributed by atoms with Crippen molar-refractivity contribution < 1.29 is 19.8 Å². The largest absolute Gasteiger partial charge is 0.477 e. The van der Waals surface area contributed by atoms with Crippen LogP contribution in [0.4, 0.5) is 5.69 Å². The summed E-state index contributed by atoms with van der Waals surface area (Å²) in [4.78, 5) is 28.6. The Bertz CT molecular complexity index is 901. The van der Waals surface area contributed by atoms with E-state index in [2.05, 4.69) is 6.92 Å². The van der Waals surface area contributed by atoms with Gasteiger partial charge in [-0.25, -0.2) is 4.79 Å². The molecule has 0 saturated heterocycles. The number of thiophene rings is 1. The molecule has 30 heavy (non-hydrogen) atoms. The van der Waals surface area contributed by atoms with Gasteiger partial charge in [-0.1, -0.05) is 37.3 Å². The molecule has 2 saturated carbocycles. The molecule has 2 fully saturated rings. The van der Waals surface area contributed by atoms with Crippen LogP contribution in [0, 0.1) is 11.8 Å². The van der Waals surface area contributed by atoms with Gasteiger partial charge in [0.1, 0.15) is 4.88 Å². The van der Waals surface area contributed by atoms with Gasteiger partial charge in [-0.2, -0.15) is 0 Å². The number of rotatable bonds is 5. The molecule has 6 heteroatoms. The molecular weight excluding hydrogens is 398 g/mol. The molecule has 1 amide bonds. The number of carbonyl (C=O) groups is 2. The first-order valence-electron chi connectivity index (χ1n) is 10.9. The van der Waals surface area contributed by atoms with Crippen LogP contribution < -0.4 is 4.90 Å². The van der Waals surface area contributed by atoms with Crippen LogP contribution in [-0.4, -0.2) is 34.2 Å². The maximum atomic E-state index is 13.7. The molecule has 160 valence electrons. The van der Waals surface area contributed by atoms with Gasteiger partial charge in [-0.3, -0.25) is 4.79 Å². The maximum absolute atomic E-state index is 13.7. The van der Waals surface area contributed by atoms with Crippen molar-refractivity contribution in [1.82, 2.24) is 0 Å². The predicted molar refractivity (Wildman–Crippen MR) is 119 cm³/mol. The van der Waals surface area contributed by atoms with Gasteiger partial charge < -0.3 is 15.1 Å². The van der Waals surface area contributed by atoms with Crippen LogP contribution >= 0.6 is 11.3 Å². The lowest BCUT2D eigenvalue weighted by atomic mass is 9.82. The highest BCUT2D eigenvalue weighted by Gasteiger charge is 2.38. The van der Waals surface area contributed by atoms with Crippen LogP contribution in [-0.2, 0) is 4.79 Å². The van der Waals surface area contributed by atoms with Gasteiger partial charge in [-0.05, 0) is 62.5 Å². The van der Waals surface area contributed by atoms with Crippen molar-refractivity contribution in [3.05, 3.63) is 41.3 Å². The highest BCUT2D eigenvalue weighted by Crippen LogP contribution is 2.42. The number of hydrogen-bond acceptors (Lipinski definition) is 4. The maximum Gasteiger partial charge on any atom is 0.348 e. The van der Waals surface area contributed by atoms with Gasteiger partial charge >= 0.3 is 5.97 Å². The summed E-state index contributed by atoms with van der Waals surface area (Å²) in [6.07, 6.45) is 5.18. The Hall–Kier alpha value is -2.18. The fourth-order valence-corrected chi connectivity index (χ4v) is 5.82. The summed E-state index contributed by atoms with van der Waals surface area (Å²) in [5.74, 6) is -0.413. The number of aromatic carboxylic acids is 1. The van der Waals surface area contributed by atoms with E-state index in [4.69, 9.17) is 0 Å². The van der Waals surface area contributed by atoms with E-state index in [1.807, 2.05) is 36.4 Å². The molecule has 0 bridgehead atoms. The summed E-state index contributed by atoms with van der Waals surface area (Å²) >= 11 is 1.22. The van der Waals surface area contributed by atoms with E-state index in [-0.39, 0.29) is 22.7 Å². The molecule has 1 aromatic heterocycles. The standard InChI is InChI=1S/C24H29NO4S/c1-15-7-9-17(10-8-15)23(27)25(18-11-12-19(26)13-18)20-14-21(30-22(20)24(28)29)16-5-3-2-4-6-16/h2-6,14-15,17-19,26H,7-13H2,1H3,(H,28,29)/t15?,17?,18?,19-/m0/s1. The normalized spacial score (nSPS) is 26.5. The van der Waals surface area contributed by atoms with Gasteiger partial charge in [-0.15, -0.1) is 11.3 Å². The number of amides is 1. The first kappa shape index (κ1) is 21.1. The molecule has 4 rings (SSSR count). The minimum atomic E-state index is -1.01. The Morgan fingerprint density at radius 3 is 2.33 bits per heavy atom. The van der Waals surface area contributed by atoms with Crippen LogP contribution in [0.3, 0.4) is 0 Å². The number of carbonyl (C=O) groups excluding carboxylic acids is 1.